The molecule has 1 aromatic carbocycles. The van der Waals surface area contributed by atoms with Crippen LogP contribution in [0.2, 0.25) is 0 Å². The molecule has 2 aromatic rings. The standard InChI is InChI=1S/C17H16F2N2O2S/c1-8-16(24-14(20-8)4-9-2-3-9)17(22)21-12-7-23-13-6-10(18)5-11(19)15(12)13/h5-6,9,12H,2-4,7H2,1H3,(H,21,22)/t12-/m1/s1. The number of hydrogen-bond acceptors (Lipinski definition) is 4. The van der Waals surface area contributed by atoms with Gasteiger partial charge >= 0.3 is 0 Å². The zero-order valence-corrected chi connectivity index (χ0v) is 13.9. The Labute approximate surface area is 141 Å². The fourth-order valence-electron chi connectivity index (χ4n) is 2.93. The summed E-state index contributed by atoms with van der Waals surface area (Å²) >= 11 is 1.39. The first-order valence-electron chi connectivity index (χ1n) is 7.90. The number of benzene rings is 1. The quantitative estimate of drug-likeness (QED) is 0.917. The van der Waals surface area contributed by atoms with Crippen molar-refractivity contribution in [3.8, 4) is 5.75 Å². The third-order valence-corrected chi connectivity index (χ3v) is 5.50. The minimum absolute atomic E-state index is 0.0915. The topological polar surface area (TPSA) is 51.2 Å². The summed E-state index contributed by atoms with van der Waals surface area (Å²) in [6.45, 7) is 1.89. The fourth-order valence-corrected chi connectivity index (χ4v) is 4.01. The molecule has 7 heteroatoms. The highest BCUT2D eigenvalue weighted by molar-refractivity contribution is 7.13. The van der Waals surface area contributed by atoms with Crippen molar-refractivity contribution in [2.24, 2.45) is 5.92 Å². The molecule has 1 fully saturated rings. The highest BCUT2D eigenvalue weighted by Gasteiger charge is 2.31. The molecule has 1 aliphatic heterocycles. The van der Waals surface area contributed by atoms with E-state index in [4.69, 9.17) is 4.74 Å². The molecule has 1 aromatic heterocycles. The minimum Gasteiger partial charge on any atom is -0.490 e. The van der Waals surface area contributed by atoms with E-state index in [-0.39, 0.29) is 23.8 Å². The SMILES string of the molecule is Cc1nc(CC2CC2)sc1C(=O)N[C@@H]1COc2cc(F)cc(F)c21. The van der Waals surface area contributed by atoms with Gasteiger partial charge in [0.1, 0.15) is 28.9 Å². The molecule has 0 saturated heterocycles. The van der Waals surface area contributed by atoms with Crippen molar-refractivity contribution in [2.45, 2.75) is 32.2 Å². The molecule has 1 aliphatic carbocycles. The van der Waals surface area contributed by atoms with Crippen LogP contribution in [0.5, 0.6) is 5.75 Å². The number of nitrogens with zero attached hydrogens (tertiary/aromatic N) is 1. The van der Waals surface area contributed by atoms with Gasteiger partial charge in [0.25, 0.3) is 5.91 Å². The van der Waals surface area contributed by atoms with Crippen molar-refractivity contribution in [2.75, 3.05) is 6.61 Å². The lowest BCUT2D eigenvalue weighted by atomic mass is 10.1. The molecule has 0 radical (unpaired) electrons. The molecule has 1 saturated carbocycles. The molecule has 126 valence electrons. The highest BCUT2D eigenvalue weighted by atomic mass is 32.1. The van der Waals surface area contributed by atoms with Crippen molar-refractivity contribution >= 4 is 17.2 Å². The Morgan fingerprint density at radius 2 is 2.21 bits per heavy atom. The van der Waals surface area contributed by atoms with Gasteiger partial charge in [-0.3, -0.25) is 4.79 Å². The van der Waals surface area contributed by atoms with E-state index in [1.165, 1.54) is 24.2 Å². The van der Waals surface area contributed by atoms with Crippen molar-refractivity contribution in [1.82, 2.24) is 10.3 Å². The summed E-state index contributed by atoms with van der Waals surface area (Å²) in [4.78, 5) is 17.5. The van der Waals surface area contributed by atoms with E-state index in [2.05, 4.69) is 10.3 Å². The summed E-state index contributed by atoms with van der Waals surface area (Å²) in [5, 5.41) is 3.75. The molecule has 0 spiro atoms. The number of hydrogen-bond donors (Lipinski definition) is 1. The number of nitrogens with one attached hydrogen (secondary N) is 1. The van der Waals surface area contributed by atoms with E-state index in [0.29, 0.717) is 16.5 Å². The molecule has 1 amide bonds. The second-order valence-electron chi connectivity index (χ2n) is 6.31. The van der Waals surface area contributed by atoms with Gasteiger partial charge in [0.2, 0.25) is 0 Å². The van der Waals surface area contributed by atoms with Gasteiger partial charge in [0.05, 0.1) is 22.3 Å². The largest absolute Gasteiger partial charge is 0.490 e. The van der Waals surface area contributed by atoms with Gasteiger partial charge in [-0.05, 0) is 25.7 Å². The third-order valence-electron chi connectivity index (χ3n) is 4.32. The van der Waals surface area contributed by atoms with Gasteiger partial charge in [-0.15, -0.1) is 11.3 Å². The Morgan fingerprint density at radius 1 is 1.42 bits per heavy atom. The molecule has 1 N–H and O–H groups in total. The number of aromatic nitrogens is 1. The molecule has 4 nitrogen and oxygen atoms in total. The summed E-state index contributed by atoms with van der Waals surface area (Å²) in [5.74, 6) is -0.847. The maximum atomic E-state index is 14.0. The van der Waals surface area contributed by atoms with Crippen LogP contribution in [0.25, 0.3) is 0 Å². The van der Waals surface area contributed by atoms with Gasteiger partial charge < -0.3 is 10.1 Å². The number of rotatable bonds is 4. The van der Waals surface area contributed by atoms with Crippen LogP contribution < -0.4 is 10.1 Å². The number of halogens is 2. The summed E-state index contributed by atoms with van der Waals surface area (Å²) in [6.07, 6.45) is 3.38. The molecule has 1 atom stereocenters. The molecule has 2 heterocycles. The monoisotopic (exact) mass is 350 g/mol. The number of carbonyl (C=O) groups is 1. The Bertz CT molecular complexity index is 817. The number of amides is 1. The minimum atomic E-state index is -0.705. The summed E-state index contributed by atoms with van der Waals surface area (Å²) in [7, 11) is 0. The van der Waals surface area contributed by atoms with Crippen LogP contribution in [0, 0.1) is 24.5 Å². The van der Waals surface area contributed by atoms with Crippen LogP contribution in [0.15, 0.2) is 12.1 Å². The van der Waals surface area contributed by atoms with Gasteiger partial charge in [-0.1, -0.05) is 0 Å². The lowest BCUT2D eigenvalue weighted by Gasteiger charge is -2.11. The van der Waals surface area contributed by atoms with E-state index >= 15 is 0 Å². The van der Waals surface area contributed by atoms with Crippen molar-refractivity contribution in [3.05, 3.63) is 44.9 Å². The second-order valence-corrected chi connectivity index (χ2v) is 7.39. The maximum absolute atomic E-state index is 14.0. The van der Waals surface area contributed by atoms with Crippen LogP contribution in [-0.2, 0) is 6.42 Å². The van der Waals surface area contributed by atoms with E-state index < -0.39 is 17.7 Å². The first kappa shape index (κ1) is 15.5. The van der Waals surface area contributed by atoms with Crippen LogP contribution in [0.3, 0.4) is 0 Å². The van der Waals surface area contributed by atoms with E-state index in [1.807, 2.05) is 0 Å². The summed E-state index contributed by atoms with van der Waals surface area (Å²) in [5.41, 5.74) is 0.886. The third kappa shape index (κ3) is 2.88. The van der Waals surface area contributed by atoms with Crippen LogP contribution >= 0.6 is 11.3 Å². The zero-order chi connectivity index (χ0) is 16.8. The zero-order valence-electron chi connectivity index (χ0n) is 13.1. The number of carbonyl (C=O) groups excluding carboxylic acids is 1. The normalized spacial score (nSPS) is 19.0. The Balaban J connectivity index is 1.52. The predicted octanol–water partition coefficient (Wildman–Crippen LogP) is 3.55. The van der Waals surface area contributed by atoms with Gasteiger partial charge in [0, 0.05) is 18.6 Å². The van der Waals surface area contributed by atoms with E-state index in [9.17, 15) is 13.6 Å². The first-order valence-corrected chi connectivity index (χ1v) is 8.72. The number of fused-ring (bicyclic) bond motifs is 1. The lowest BCUT2D eigenvalue weighted by molar-refractivity contribution is 0.0933. The molecule has 24 heavy (non-hydrogen) atoms. The molecular formula is C17H16F2N2O2S. The van der Waals surface area contributed by atoms with Gasteiger partial charge in [-0.25, -0.2) is 13.8 Å². The predicted molar refractivity (Wildman–Crippen MR) is 85.3 cm³/mol. The molecular weight excluding hydrogens is 334 g/mol. The molecule has 0 bridgehead atoms. The van der Waals surface area contributed by atoms with E-state index in [1.54, 1.807) is 6.92 Å². The summed E-state index contributed by atoms with van der Waals surface area (Å²) < 4.78 is 32.5. The number of ether oxygens (including phenoxy) is 1. The number of aryl methyl sites for hydroxylation is 1. The average Bonchev–Trinajstić information content (AvgIpc) is 3.11. The first-order chi connectivity index (χ1) is 11.5. The van der Waals surface area contributed by atoms with Crippen molar-refractivity contribution in [1.29, 1.82) is 0 Å². The number of thiazole rings is 1. The Hall–Kier alpha value is -2.02. The lowest BCUT2D eigenvalue weighted by Crippen LogP contribution is -2.29. The Morgan fingerprint density at radius 3 is 2.96 bits per heavy atom. The fraction of sp³-hybridized carbons (Fsp3) is 0.412. The second kappa shape index (κ2) is 5.81. The maximum Gasteiger partial charge on any atom is 0.263 e. The Kier molecular flexibility index (Phi) is 3.75. The van der Waals surface area contributed by atoms with Gasteiger partial charge in [0.15, 0.2) is 0 Å². The van der Waals surface area contributed by atoms with Crippen molar-refractivity contribution < 1.29 is 18.3 Å². The smallest absolute Gasteiger partial charge is 0.263 e. The van der Waals surface area contributed by atoms with Crippen LogP contribution in [-0.4, -0.2) is 17.5 Å². The summed E-state index contributed by atoms with van der Waals surface area (Å²) in [6, 6.07) is 1.32. The van der Waals surface area contributed by atoms with E-state index in [0.717, 1.165) is 23.6 Å². The average molecular weight is 350 g/mol. The van der Waals surface area contributed by atoms with Crippen molar-refractivity contribution in [3.63, 3.8) is 0 Å². The molecule has 4 rings (SSSR count). The molecule has 2 aliphatic rings. The van der Waals surface area contributed by atoms with Crippen LogP contribution in [0.4, 0.5) is 8.78 Å². The highest BCUT2D eigenvalue weighted by Crippen LogP contribution is 2.36. The van der Waals surface area contributed by atoms with Crippen LogP contribution in [0.1, 0.15) is 44.8 Å². The molecule has 0 unspecified atom stereocenters. The van der Waals surface area contributed by atoms with Gasteiger partial charge in [-0.2, -0.15) is 0 Å².